The summed E-state index contributed by atoms with van der Waals surface area (Å²) in [5, 5.41) is 11.2. The Morgan fingerprint density at radius 1 is 1.28 bits per heavy atom. The SMILES string of the molecule is CN(C)Cc1cccc(NC(=O)CCC(=O)O)c1. The number of anilines is 1. The maximum atomic E-state index is 11.5. The lowest BCUT2D eigenvalue weighted by atomic mass is 10.2. The third-order valence-corrected chi connectivity index (χ3v) is 2.28. The summed E-state index contributed by atoms with van der Waals surface area (Å²) in [5.41, 5.74) is 1.79. The van der Waals surface area contributed by atoms with E-state index in [0.29, 0.717) is 5.69 Å². The molecule has 2 N–H and O–H groups in total. The molecule has 0 aromatic heterocycles. The van der Waals surface area contributed by atoms with Gasteiger partial charge in [-0.05, 0) is 31.8 Å². The monoisotopic (exact) mass is 250 g/mol. The third kappa shape index (κ3) is 5.45. The van der Waals surface area contributed by atoms with Gasteiger partial charge >= 0.3 is 5.97 Å². The maximum absolute atomic E-state index is 11.5. The second-order valence-electron chi connectivity index (χ2n) is 4.38. The largest absolute Gasteiger partial charge is 0.481 e. The molecule has 0 bridgehead atoms. The number of carboxylic acid groups (broad SMARTS) is 1. The first-order chi connectivity index (χ1) is 8.47. The molecule has 0 saturated carbocycles. The first kappa shape index (κ1) is 14.2. The highest BCUT2D eigenvalue weighted by molar-refractivity contribution is 5.92. The topological polar surface area (TPSA) is 69.6 Å². The summed E-state index contributed by atoms with van der Waals surface area (Å²) in [5.74, 6) is -1.24. The van der Waals surface area contributed by atoms with Crippen molar-refractivity contribution in [3.63, 3.8) is 0 Å². The summed E-state index contributed by atoms with van der Waals surface area (Å²) in [6.07, 6.45) is -0.156. The molecule has 0 aliphatic carbocycles. The molecule has 0 spiro atoms. The lowest BCUT2D eigenvalue weighted by Crippen LogP contribution is -2.14. The zero-order valence-corrected chi connectivity index (χ0v) is 10.6. The van der Waals surface area contributed by atoms with Crippen LogP contribution >= 0.6 is 0 Å². The fourth-order valence-electron chi connectivity index (χ4n) is 1.56. The molecular formula is C13H18N2O3. The normalized spacial score (nSPS) is 10.4. The van der Waals surface area contributed by atoms with E-state index in [2.05, 4.69) is 5.32 Å². The van der Waals surface area contributed by atoms with Crippen LogP contribution in [-0.2, 0) is 16.1 Å². The van der Waals surface area contributed by atoms with Crippen LogP contribution in [0.15, 0.2) is 24.3 Å². The molecule has 1 aromatic rings. The highest BCUT2D eigenvalue weighted by Crippen LogP contribution is 2.12. The number of rotatable bonds is 6. The van der Waals surface area contributed by atoms with E-state index in [0.717, 1.165) is 12.1 Å². The molecule has 0 atom stereocenters. The average molecular weight is 250 g/mol. The third-order valence-electron chi connectivity index (χ3n) is 2.28. The van der Waals surface area contributed by atoms with Crippen molar-refractivity contribution >= 4 is 17.6 Å². The van der Waals surface area contributed by atoms with Crippen LogP contribution in [-0.4, -0.2) is 36.0 Å². The van der Waals surface area contributed by atoms with E-state index >= 15 is 0 Å². The molecule has 0 saturated heterocycles. The Morgan fingerprint density at radius 2 is 2.00 bits per heavy atom. The standard InChI is InChI=1S/C13H18N2O3/c1-15(2)9-10-4-3-5-11(8-10)14-12(16)6-7-13(17)18/h3-5,8H,6-7,9H2,1-2H3,(H,14,16)(H,17,18). The van der Waals surface area contributed by atoms with Gasteiger partial charge in [0, 0.05) is 18.7 Å². The minimum Gasteiger partial charge on any atom is -0.481 e. The van der Waals surface area contributed by atoms with Gasteiger partial charge in [-0.1, -0.05) is 12.1 Å². The smallest absolute Gasteiger partial charge is 0.303 e. The molecule has 1 rings (SSSR count). The number of carboxylic acids is 1. The number of nitrogens with one attached hydrogen (secondary N) is 1. The minimum atomic E-state index is -0.966. The van der Waals surface area contributed by atoms with Gasteiger partial charge in [0.05, 0.1) is 6.42 Å². The first-order valence-corrected chi connectivity index (χ1v) is 5.72. The number of carbonyl (C=O) groups excluding carboxylic acids is 1. The number of carbonyl (C=O) groups is 2. The van der Waals surface area contributed by atoms with Gasteiger partial charge < -0.3 is 15.3 Å². The molecule has 1 aromatic carbocycles. The number of aliphatic carboxylic acids is 1. The average Bonchev–Trinajstić information content (AvgIpc) is 2.26. The number of amides is 1. The zero-order valence-electron chi connectivity index (χ0n) is 10.6. The van der Waals surface area contributed by atoms with Crippen molar-refractivity contribution in [2.24, 2.45) is 0 Å². The summed E-state index contributed by atoms with van der Waals surface area (Å²) in [6, 6.07) is 7.52. The number of hydrogen-bond acceptors (Lipinski definition) is 3. The lowest BCUT2D eigenvalue weighted by Gasteiger charge is -2.11. The Kier molecular flexibility index (Phi) is 5.32. The predicted octanol–water partition coefficient (Wildman–Crippen LogP) is 1.55. The number of nitrogens with zero attached hydrogens (tertiary/aromatic N) is 1. The molecular weight excluding hydrogens is 232 g/mol. The second-order valence-corrected chi connectivity index (χ2v) is 4.38. The van der Waals surface area contributed by atoms with Crippen LogP contribution < -0.4 is 5.32 Å². The minimum absolute atomic E-state index is 0.00670. The van der Waals surface area contributed by atoms with Gasteiger partial charge in [0.15, 0.2) is 0 Å². The van der Waals surface area contributed by atoms with Crippen LogP contribution in [0, 0.1) is 0 Å². The van der Waals surface area contributed by atoms with E-state index in [1.54, 1.807) is 6.07 Å². The predicted molar refractivity (Wildman–Crippen MR) is 69.3 cm³/mol. The Bertz CT molecular complexity index is 430. The van der Waals surface area contributed by atoms with Crippen molar-refractivity contribution in [3.05, 3.63) is 29.8 Å². The lowest BCUT2D eigenvalue weighted by molar-refractivity contribution is -0.138. The van der Waals surface area contributed by atoms with E-state index in [1.807, 2.05) is 37.2 Å². The summed E-state index contributed by atoms with van der Waals surface area (Å²) in [7, 11) is 3.94. The van der Waals surface area contributed by atoms with Crippen LogP contribution in [0.3, 0.4) is 0 Å². The van der Waals surface area contributed by atoms with Gasteiger partial charge in [-0.25, -0.2) is 0 Å². The molecule has 0 radical (unpaired) electrons. The van der Waals surface area contributed by atoms with Crippen LogP contribution in [0.1, 0.15) is 18.4 Å². The summed E-state index contributed by atoms with van der Waals surface area (Å²) in [6.45, 7) is 0.791. The zero-order chi connectivity index (χ0) is 13.5. The Hall–Kier alpha value is -1.88. The molecule has 0 fully saturated rings. The van der Waals surface area contributed by atoms with Crippen LogP contribution in [0.5, 0.6) is 0 Å². The van der Waals surface area contributed by atoms with Crippen LogP contribution in [0.25, 0.3) is 0 Å². The van der Waals surface area contributed by atoms with Gasteiger partial charge in [-0.3, -0.25) is 9.59 Å². The van der Waals surface area contributed by atoms with E-state index < -0.39 is 5.97 Å². The summed E-state index contributed by atoms with van der Waals surface area (Å²) < 4.78 is 0. The molecule has 98 valence electrons. The molecule has 1 amide bonds. The molecule has 0 aliphatic heterocycles. The Balaban J connectivity index is 2.56. The van der Waals surface area contributed by atoms with Gasteiger partial charge in [0.1, 0.15) is 0 Å². The summed E-state index contributed by atoms with van der Waals surface area (Å²) in [4.78, 5) is 23.8. The fourth-order valence-corrected chi connectivity index (χ4v) is 1.56. The van der Waals surface area contributed by atoms with Gasteiger partial charge in [-0.2, -0.15) is 0 Å². The van der Waals surface area contributed by atoms with E-state index in [9.17, 15) is 9.59 Å². The van der Waals surface area contributed by atoms with Crippen molar-refractivity contribution < 1.29 is 14.7 Å². The number of benzene rings is 1. The van der Waals surface area contributed by atoms with Crippen molar-refractivity contribution in [2.45, 2.75) is 19.4 Å². The van der Waals surface area contributed by atoms with Crippen molar-refractivity contribution in [1.82, 2.24) is 4.90 Å². The van der Waals surface area contributed by atoms with Crippen LogP contribution in [0.2, 0.25) is 0 Å². The molecule has 0 unspecified atom stereocenters. The van der Waals surface area contributed by atoms with E-state index in [4.69, 9.17) is 5.11 Å². The maximum Gasteiger partial charge on any atom is 0.303 e. The Labute approximate surface area is 106 Å². The van der Waals surface area contributed by atoms with Crippen LogP contribution in [0.4, 0.5) is 5.69 Å². The fraction of sp³-hybridized carbons (Fsp3) is 0.385. The highest BCUT2D eigenvalue weighted by Gasteiger charge is 2.06. The molecule has 18 heavy (non-hydrogen) atoms. The molecule has 5 nitrogen and oxygen atoms in total. The molecule has 0 heterocycles. The van der Waals surface area contributed by atoms with Crippen molar-refractivity contribution in [2.75, 3.05) is 19.4 Å². The van der Waals surface area contributed by atoms with E-state index in [-0.39, 0.29) is 18.7 Å². The van der Waals surface area contributed by atoms with Gasteiger partial charge in [0.2, 0.25) is 5.91 Å². The molecule has 5 heteroatoms. The first-order valence-electron chi connectivity index (χ1n) is 5.72. The Morgan fingerprint density at radius 3 is 2.61 bits per heavy atom. The highest BCUT2D eigenvalue weighted by atomic mass is 16.4. The summed E-state index contributed by atoms with van der Waals surface area (Å²) >= 11 is 0. The van der Waals surface area contributed by atoms with Crippen molar-refractivity contribution in [3.8, 4) is 0 Å². The quantitative estimate of drug-likeness (QED) is 0.803. The van der Waals surface area contributed by atoms with Crippen molar-refractivity contribution in [1.29, 1.82) is 0 Å². The molecule has 0 aliphatic rings. The van der Waals surface area contributed by atoms with Gasteiger partial charge in [0.25, 0.3) is 0 Å². The van der Waals surface area contributed by atoms with Gasteiger partial charge in [-0.15, -0.1) is 0 Å². The number of hydrogen-bond donors (Lipinski definition) is 2. The second kappa shape index (κ2) is 6.76. The van der Waals surface area contributed by atoms with E-state index in [1.165, 1.54) is 0 Å².